The van der Waals surface area contributed by atoms with E-state index in [4.69, 9.17) is 5.73 Å². The third kappa shape index (κ3) is 3.45. The largest absolute Gasteiger partial charge is 0.370 e. The van der Waals surface area contributed by atoms with Crippen molar-refractivity contribution < 1.29 is 9.59 Å². The number of carbonyl (C=O) groups excluding carboxylic acids is 2. The van der Waals surface area contributed by atoms with Gasteiger partial charge in [0.25, 0.3) is 0 Å². The third-order valence-electron chi connectivity index (χ3n) is 6.64. The number of para-hydroxylation sites is 1. The summed E-state index contributed by atoms with van der Waals surface area (Å²) in [6, 6.07) is 6.26. The summed E-state index contributed by atoms with van der Waals surface area (Å²) in [5.41, 5.74) is 9.57. The van der Waals surface area contributed by atoms with Crippen LogP contribution >= 0.6 is 0 Å². The molecule has 6 nitrogen and oxygen atoms in total. The van der Waals surface area contributed by atoms with Crippen LogP contribution in [0.4, 0.5) is 5.69 Å². The molecule has 4 rings (SSSR count). The number of aliphatic imine (C=N–C) groups is 1. The van der Waals surface area contributed by atoms with Gasteiger partial charge in [-0.05, 0) is 48.6 Å². The molecule has 154 valence electrons. The number of allylic oxidation sites excluding steroid dienone is 2. The van der Waals surface area contributed by atoms with Crippen molar-refractivity contribution >= 4 is 23.5 Å². The summed E-state index contributed by atoms with van der Waals surface area (Å²) in [5, 5.41) is 3.25. The lowest BCUT2D eigenvalue weighted by atomic mass is 9.85. The minimum absolute atomic E-state index is 0.0105. The molecule has 0 radical (unpaired) electrons. The highest BCUT2D eigenvalue weighted by Gasteiger charge is 2.58. The SMILES string of the molecule is CCc1cccc(CC)c1NC(N)=NCCCN1C(=O)C2C3C=CC(C3)C2C1=O. The minimum Gasteiger partial charge on any atom is -0.370 e. The van der Waals surface area contributed by atoms with Crippen molar-refractivity contribution in [3.05, 3.63) is 41.5 Å². The van der Waals surface area contributed by atoms with Crippen molar-refractivity contribution in [3.8, 4) is 0 Å². The van der Waals surface area contributed by atoms with Gasteiger partial charge in [-0.3, -0.25) is 19.5 Å². The van der Waals surface area contributed by atoms with E-state index in [2.05, 4.69) is 54.5 Å². The van der Waals surface area contributed by atoms with E-state index < -0.39 is 0 Å². The summed E-state index contributed by atoms with van der Waals surface area (Å²) in [4.78, 5) is 31.3. The number of hydrogen-bond acceptors (Lipinski definition) is 3. The van der Waals surface area contributed by atoms with Gasteiger partial charge in [-0.1, -0.05) is 44.2 Å². The molecule has 4 atom stereocenters. The van der Waals surface area contributed by atoms with E-state index in [1.54, 1.807) is 0 Å². The van der Waals surface area contributed by atoms with E-state index in [0.29, 0.717) is 25.5 Å². The zero-order chi connectivity index (χ0) is 20.5. The lowest BCUT2D eigenvalue weighted by Gasteiger charge is -2.17. The van der Waals surface area contributed by atoms with Crippen molar-refractivity contribution in [3.63, 3.8) is 0 Å². The monoisotopic (exact) mass is 394 g/mol. The Morgan fingerprint density at radius 1 is 1.10 bits per heavy atom. The van der Waals surface area contributed by atoms with Crippen LogP contribution < -0.4 is 11.1 Å². The molecule has 0 spiro atoms. The van der Waals surface area contributed by atoms with Crippen molar-refractivity contribution in [2.24, 2.45) is 34.4 Å². The number of imide groups is 1. The van der Waals surface area contributed by atoms with Crippen LogP contribution in [0, 0.1) is 23.7 Å². The standard InChI is InChI=1S/C23H30N4O2/c1-3-14-7-5-8-15(4-2)20(14)26-23(24)25-11-6-12-27-21(28)18-16-9-10-17(13-16)19(18)22(27)29/h5,7-10,16-19H,3-4,6,11-13H2,1-2H3,(H3,24,25,26). The molecule has 29 heavy (non-hydrogen) atoms. The van der Waals surface area contributed by atoms with E-state index in [1.165, 1.54) is 16.0 Å². The number of hydrogen-bond donors (Lipinski definition) is 2. The number of guanidine groups is 1. The number of anilines is 1. The number of aryl methyl sites for hydroxylation is 2. The molecule has 1 aromatic rings. The summed E-state index contributed by atoms with van der Waals surface area (Å²) in [5.74, 6) is 0.675. The number of fused-ring (bicyclic) bond motifs is 5. The van der Waals surface area contributed by atoms with Gasteiger partial charge >= 0.3 is 0 Å². The van der Waals surface area contributed by atoms with E-state index >= 15 is 0 Å². The average molecular weight is 395 g/mol. The predicted octanol–water partition coefficient (Wildman–Crippen LogP) is 2.74. The maximum Gasteiger partial charge on any atom is 0.233 e. The van der Waals surface area contributed by atoms with Gasteiger partial charge in [0, 0.05) is 18.8 Å². The second-order valence-electron chi connectivity index (χ2n) is 8.23. The molecule has 0 aromatic heterocycles. The fourth-order valence-electron chi connectivity index (χ4n) is 5.18. The summed E-state index contributed by atoms with van der Waals surface area (Å²) < 4.78 is 0. The molecule has 2 bridgehead atoms. The van der Waals surface area contributed by atoms with Gasteiger partial charge in [0.1, 0.15) is 0 Å². The van der Waals surface area contributed by atoms with Crippen LogP contribution in [0.3, 0.4) is 0 Å². The maximum atomic E-state index is 12.7. The molecular formula is C23H30N4O2. The van der Waals surface area contributed by atoms with Gasteiger partial charge in [-0.2, -0.15) is 0 Å². The molecule has 1 saturated heterocycles. The Balaban J connectivity index is 1.32. The number of rotatable bonds is 7. The van der Waals surface area contributed by atoms with Crippen molar-refractivity contribution in [2.75, 3.05) is 18.4 Å². The first-order chi connectivity index (χ1) is 14.0. The van der Waals surface area contributed by atoms with Crippen molar-refractivity contribution in [1.82, 2.24) is 4.90 Å². The number of nitrogens with two attached hydrogens (primary N) is 1. The smallest absolute Gasteiger partial charge is 0.233 e. The molecule has 2 amide bonds. The highest BCUT2D eigenvalue weighted by molar-refractivity contribution is 6.06. The number of likely N-dealkylation sites (tertiary alicyclic amines) is 1. The number of carbonyl (C=O) groups is 2. The van der Waals surface area contributed by atoms with E-state index in [-0.39, 0.29) is 35.5 Å². The zero-order valence-corrected chi connectivity index (χ0v) is 17.2. The number of benzene rings is 1. The zero-order valence-electron chi connectivity index (χ0n) is 17.2. The lowest BCUT2D eigenvalue weighted by Crippen LogP contribution is -2.34. The predicted molar refractivity (Wildman–Crippen MR) is 114 cm³/mol. The molecule has 2 aliphatic carbocycles. The van der Waals surface area contributed by atoms with Gasteiger partial charge in [0.2, 0.25) is 11.8 Å². The molecule has 2 fully saturated rings. The van der Waals surface area contributed by atoms with Crippen LogP contribution in [-0.4, -0.2) is 35.8 Å². The molecule has 1 aromatic carbocycles. The molecule has 4 unspecified atom stereocenters. The minimum atomic E-state index is -0.120. The highest BCUT2D eigenvalue weighted by atomic mass is 16.2. The van der Waals surface area contributed by atoms with E-state index in [0.717, 1.165) is 24.9 Å². The van der Waals surface area contributed by atoms with Crippen molar-refractivity contribution in [2.45, 2.75) is 39.5 Å². The molecule has 3 aliphatic rings. The van der Waals surface area contributed by atoms with E-state index in [1.807, 2.05) is 0 Å². The second-order valence-corrected chi connectivity index (χ2v) is 8.23. The van der Waals surface area contributed by atoms with Crippen LogP contribution in [0.15, 0.2) is 35.3 Å². The lowest BCUT2D eigenvalue weighted by molar-refractivity contribution is -0.140. The Hall–Kier alpha value is -2.63. The third-order valence-corrected chi connectivity index (χ3v) is 6.64. The van der Waals surface area contributed by atoms with Gasteiger partial charge in [-0.25, -0.2) is 0 Å². The maximum absolute atomic E-state index is 12.7. The highest BCUT2D eigenvalue weighted by Crippen LogP contribution is 2.52. The van der Waals surface area contributed by atoms with Crippen LogP contribution in [0.2, 0.25) is 0 Å². The first-order valence-electron chi connectivity index (χ1n) is 10.8. The Morgan fingerprint density at radius 3 is 2.24 bits per heavy atom. The molecule has 1 heterocycles. The average Bonchev–Trinajstić information content (AvgIpc) is 3.40. The van der Waals surface area contributed by atoms with Crippen LogP contribution in [0.25, 0.3) is 0 Å². The Morgan fingerprint density at radius 2 is 1.69 bits per heavy atom. The summed E-state index contributed by atoms with van der Waals surface area (Å²) in [7, 11) is 0. The molecule has 6 heteroatoms. The Labute approximate surface area is 172 Å². The number of nitrogens with one attached hydrogen (secondary N) is 1. The van der Waals surface area contributed by atoms with Crippen molar-refractivity contribution in [1.29, 1.82) is 0 Å². The number of amides is 2. The van der Waals surface area contributed by atoms with Gasteiger partial charge in [0.05, 0.1) is 11.8 Å². The van der Waals surface area contributed by atoms with E-state index in [9.17, 15) is 9.59 Å². The second kappa shape index (κ2) is 8.01. The molecular weight excluding hydrogens is 364 g/mol. The summed E-state index contributed by atoms with van der Waals surface area (Å²) in [6.45, 7) is 5.14. The first-order valence-corrected chi connectivity index (χ1v) is 10.8. The summed E-state index contributed by atoms with van der Waals surface area (Å²) >= 11 is 0. The number of nitrogens with zero attached hydrogens (tertiary/aromatic N) is 2. The Kier molecular flexibility index (Phi) is 5.43. The quantitative estimate of drug-likeness (QED) is 0.245. The van der Waals surface area contributed by atoms with Gasteiger partial charge < -0.3 is 11.1 Å². The fourth-order valence-corrected chi connectivity index (χ4v) is 5.18. The summed E-state index contributed by atoms with van der Waals surface area (Å²) in [6.07, 6.45) is 7.67. The normalized spacial score (nSPS) is 27.8. The molecule has 3 N–H and O–H groups in total. The van der Waals surface area contributed by atoms with Crippen LogP contribution in [-0.2, 0) is 22.4 Å². The van der Waals surface area contributed by atoms with Gasteiger partial charge in [-0.15, -0.1) is 0 Å². The molecule has 1 saturated carbocycles. The Bertz CT molecular complexity index is 823. The topological polar surface area (TPSA) is 87.8 Å². The first kappa shape index (κ1) is 19.7. The fraction of sp³-hybridized carbons (Fsp3) is 0.522. The molecule has 1 aliphatic heterocycles. The van der Waals surface area contributed by atoms with Crippen LogP contribution in [0.1, 0.15) is 37.8 Å². The van der Waals surface area contributed by atoms with Gasteiger partial charge in [0.15, 0.2) is 5.96 Å². The van der Waals surface area contributed by atoms with Crippen LogP contribution in [0.5, 0.6) is 0 Å².